The lowest BCUT2D eigenvalue weighted by molar-refractivity contribution is -0.138. The molecule has 0 saturated heterocycles. The summed E-state index contributed by atoms with van der Waals surface area (Å²) in [6.07, 6.45) is 0.865. The van der Waals surface area contributed by atoms with E-state index in [2.05, 4.69) is 12.1 Å². The maximum absolute atomic E-state index is 13.5. The monoisotopic (exact) mass is 420 g/mol. The van der Waals surface area contributed by atoms with Crippen LogP contribution in [0.2, 0.25) is 0 Å². The zero-order valence-corrected chi connectivity index (χ0v) is 18.3. The van der Waals surface area contributed by atoms with E-state index in [-0.39, 0.29) is 24.5 Å². The molecule has 6 nitrogen and oxygen atoms in total. The van der Waals surface area contributed by atoms with Crippen LogP contribution < -0.4 is 4.74 Å². The molecule has 0 aliphatic carbocycles. The van der Waals surface area contributed by atoms with Crippen LogP contribution in [0.15, 0.2) is 54.2 Å². The molecule has 0 atom stereocenters. The van der Waals surface area contributed by atoms with Crippen molar-refractivity contribution in [2.24, 2.45) is 0 Å². The van der Waals surface area contributed by atoms with Crippen LogP contribution in [0.25, 0.3) is 5.57 Å². The predicted molar refractivity (Wildman–Crippen MR) is 118 cm³/mol. The molecular formula is C25H28N2O4. The zero-order valence-electron chi connectivity index (χ0n) is 18.3. The molecule has 2 heterocycles. The molecule has 6 heteroatoms. The highest BCUT2D eigenvalue weighted by Gasteiger charge is 2.42. The zero-order chi connectivity index (χ0) is 22.0. The van der Waals surface area contributed by atoms with Crippen molar-refractivity contribution in [2.45, 2.75) is 32.9 Å². The molecule has 2 amide bonds. The van der Waals surface area contributed by atoms with E-state index in [1.807, 2.05) is 55.1 Å². The van der Waals surface area contributed by atoms with Gasteiger partial charge in [-0.15, -0.1) is 0 Å². The number of rotatable bonds is 7. The smallest absolute Gasteiger partial charge is 0.277 e. The quantitative estimate of drug-likeness (QED) is 0.644. The second kappa shape index (κ2) is 8.94. The van der Waals surface area contributed by atoms with Crippen LogP contribution >= 0.6 is 0 Å². The van der Waals surface area contributed by atoms with Gasteiger partial charge in [0.2, 0.25) is 0 Å². The van der Waals surface area contributed by atoms with Crippen LogP contribution in [0.5, 0.6) is 5.75 Å². The number of fused-ring (bicyclic) bond motifs is 1. The van der Waals surface area contributed by atoms with E-state index in [9.17, 15) is 9.59 Å². The van der Waals surface area contributed by atoms with Crippen LogP contribution in [0.1, 0.15) is 30.5 Å². The molecular weight excluding hydrogens is 392 g/mol. The lowest BCUT2D eigenvalue weighted by atomic mass is 9.97. The minimum absolute atomic E-state index is 0.0347. The van der Waals surface area contributed by atoms with E-state index in [0.29, 0.717) is 42.3 Å². The number of carbonyl (C=O) groups excluding carboxylic acids is 2. The van der Waals surface area contributed by atoms with Gasteiger partial charge in [-0.25, -0.2) is 0 Å². The average molecular weight is 421 g/mol. The summed E-state index contributed by atoms with van der Waals surface area (Å²) in [4.78, 5) is 30.3. The average Bonchev–Trinajstić information content (AvgIpc) is 3.03. The number of amides is 2. The summed E-state index contributed by atoms with van der Waals surface area (Å²) in [6.45, 7) is 5.68. The largest absolute Gasteiger partial charge is 0.496 e. The number of nitrogens with zero attached hydrogens (tertiary/aromatic N) is 2. The Morgan fingerprint density at radius 2 is 1.68 bits per heavy atom. The normalized spacial score (nSPS) is 16.4. The highest BCUT2D eigenvalue weighted by atomic mass is 16.5. The van der Waals surface area contributed by atoms with Crippen LogP contribution in [-0.4, -0.2) is 54.5 Å². The van der Waals surface area contributed by atoms with E-state index >= 15 is 0 Å². The third-order valence-corrected chi connectivity index (χ3v) is 5.73. The van der Waals surface area contributed by atoms with Gasteiger partial charge in [0.1, 0.15) is 11.4 Å². The molecule has 0 fully saturated rings. The van der Waals surface area contributed by atoms with E-state index in [1.165, 1.54) is 16.0 Å². The molecule has 0 aromatic heterocycles. The van der Waals surface area contributed by atoms with Crippen LogP contribution in [0.3, 0.4) is 0 Å². The fraction of sp³-hybridized carbons (Fsp3) is 0.360. The summed E-state index contributed by atoms with van der Waals surface area (Å²) in [5.41, 5.74) is 3.98. The summed E-state index contributed by atoms with van der Waals surface area (Å²) in [6, 6.07) is 15.6. The topological polar surface area (TPSA) is 59.1 Å². The van der Waals surface area contributed by atoms with E-state index in [4.69, 9.17) is 9.47 Å². The van der Waals surface area contributed by atoms with E-state index in [1.54, 1.807) is 7.11 Å². The Labute approximate surface area is 183 Å². The summed E-state index contributed by atoms with van der Waals surface area (Å²) >= 11 is 0. The number of hydrogen-bond acceptors (Lipinski definition) is 5. The summed E-state index contributed by atoms with van der Waals surface area (Å²) < 4.78 is 11.1. The molecule has 0 N–H and O–H groups in total. The minimum Gasteiger partial charge on any atom is -0.496 e. The molecule has 2 aliphatic heterocycles. The van der Waals surface area contributed by atoms with Gasteiger partial charge in [0.15, 0.2) is 0 Å². The van der Waals surface area contributed by atoms with Crippen LogP contribution in [0, 0.1) is 0 Å². The van der Waals surface area contributed by atoms with Gasteiger partial charge < -0.3 is 14.4 Å². The molecule has 2 aromatic rings. The van der Waals surface area contributed by atoms with Gasteiger partial charge in [-0.3, -0.25) is 14.5 Å². The second-order valence-electron chi connectivity index (χ2n) is 8.05. The predicted octanol–water partition coefficient (Wildman–Crippen LogP) is 3.26. The highest BCUT2D eigenvalue weighted by molar-refractivity contribution is 6.36. The van der Waals surface area contributed by atoms with Gasteiger partial charge in [0.25, 0.3) is 11.8 Å². The Bertz CT molecular complexity index is 1030. The van der Waals surface area contributed by atoms with Gasteiger partial charge in [-0.1, -0.05) is 42.5 Å². The van der Waals surface area contributed by atoms with Crippen molar-refractivity contribution in [1.82, 2.24) is 9.80 Å². The number of methoxy groups -OCH3 is 1. The maximum atomic E-state index is 13.5. The van der Waals surface area contributed by atoms with Crippen molar-refractivity contribution in [1.29, 1.82) is 0 Å². The Hall–Kier alpha value is -3.12. The van der Waals surface area contributed by atoms with Crippen molar-refractivity contribution < 1.29 is 19.1 Å². The first-order valence-corrected chi connectivity index (χ1v) is 10.7. The van der Waals surface area contributed by atoms with Gasteiger partial charge in [-0.05, 0) is 37.5 Å². The number of benzene rings is 2. The third-order valence-electron chi connectivity index (χ3n) is 5.73. The Kier molecular flexibility index (Phi) is 6.09. The Balaban J connectivity index is 1.74. The third kappa shape index (κ3) is 4.08. The standard InChI is InChI=1S/C25H28N2O4/c1-17(2)31-15-14-27-24(28)22(20-10-6-7-11-21(20)30-3)23(25(27)29)26-13-12-18-8-4-5-9-19(18)16-26/h4-11,17H,12-16H2,1-3H3. The minimum atomic E-state index is -0.296. The van der Waals surface area contributed by atoms with E-state index < -0.39 is 0 Å². The first-order valence-electron chi connectivity index (χ1n) is 10.7. The number of hydrogen-bond donors (Lipinski definition) is 0. The molecule has 0 saturated carbocycles. The second-order valence-corrected chi connectivity index (χ2v) is 8.05. The van der Waals surface area contributed by atoms with Crippen molar-refractivity contribution >= 4 is 17.4 Å². The fourth-order valence-electron chi connectivity index (χ4n) is 4.22. The highest BCUT2D eigenvalue weighted by Crippen LogP contribution is 2.37. The Morgan fingerprint density at radius 1 is 0.968 bits per heavy atom. The number of imide groups is 1. The molecule has 4 rings (SSSR count). The van der Waals surface area contributed by atoms with Crippen molar-refractivity contribution in [2.75, 3.05) is 26.8 Å². The van der Waals surface area contributed by atoms with Gasteiger partial charge in [0.05, 0.1) is 31.9 Å². The SMILES string of the molecule is COc1ccccc1C1=C(N2CCc3ccccc3C2)C(=O)N(CCOC(C)C)C1=O. The molecule has 0 unspecified atom stereocenters. The number of ether oxygens (including phenoxy) is 2. The molecule has 162 valence electrons. The molecule has 0 radical (unpaired) electrons. The Morgan fingerprint density at radius 3 is 2.42 bits per heavy atom. The molecule has 2 aromatic carbocycles. The van der Waals surface area contributed by atoms with Gasteiger partial charge in [0, 0.05) is 18.7 Å². The fourth-order valence-corrected chi connectivity index (χ4v) is 4.22. The molecule has 0 bridgehead atoms. The number of para-hydroxylation sites is 1. The van der Waals surface area contributed by atoms with Gasteiger partial charge in [-0.2, -0.15) is 0 Å². The first-order chi connectivity index (χ1) is 15.0. The van der Waals surface area contributed by atoms with Crippen molar-refractivity contribution in [3.63, 3.8) is 0 Å². The molecule has 0 spiro atoms. The number of carbonyl (C=O) groups is 2. The lowest BCUT2D eigenvalue weighted by Gasteiger charge is -2.31. The van der Waals surface area contributed by atoms with Crippen LogP contribution in [0.4, 0.5) is 0 Å². The first kappa shape index (κ1) is 21.1. The van der Waals surface area contributed by atoms with E-state index in [0.717, 1.165) is 6.42 Å². The van der Waals surface area contributed by atoms with Gasteiger partial charge >= 0.3 is 0 Å². The lowest BCUT2D eigenvalue weighted by Crippen LogP contribution is -2.39. The summed E-state index contributed by atoms with van der Waals surface area (Å²) in [5, 5.41) is 0. The molecule has 31 heavy (non-hydrogen) atoms. The maximum Gasteiger partial charge on any atom is 0.277 e. The molecule has 2 aliphatic rings. The summed E-state index contributed by atoms with van der Waals surface area (Å²) in [5.74, 6) is 0.0159. The van der Waals surface area contributed by atoms with Crippen LogP contribution in [-0.2, 0) is 27.3 Å². The van der Waals surface area contributed by atoms with Crippen molar-refractivity contribution in [3.8, 4) is 5.75 Å². The van der Waals surface area contributed by atoms with Crippen molar-refractivity contribution in [3.05, 3.63) is 70.9 Å². The summed E-state index contributed by atoms with van der Waals surface area (Å²) in [7, 11) is 1.58.